The monoisotopic (exact) mass is 458 g/mol. The fourth-order valence-electron chi connectivity index (χ4n) is 3.39. The molecule has 154 valence electrons. The van der Waals surface area contributed by atoms with Crippen LogP contribution in [0.5, 0.6) is 0 Å². The normalized spacial score (nSPS) is 13.6. The summed E-state index contributed by atoms with van der Waals surface area (Å²) < 4.78 is 67.6. The largest absolute Gasteiger partial charge is 0.294 e. The second-order valence-electron chi connectivity index (χ2n) is 8.20. The SMILES string of the molecule is Cc1ccc(S(=O)(=O)O)c([Si](C)(C)[Si](C)(C)c2cc(C)ccc2S(=O)(=O)O)c1. The molecule has 0 heterocycles. The zero-order valence-electron chi connectivity index (χ0n) is 16.8. The minimum atomic E-state index is -4.43. The molecule has 0 aromatic heterocycles. The predicted octanol–water partition coefficient (Wildman–Crippen LogP) is 2.41. The third-order valence-electron chi connectivity index (χ3n) is 5.74. The van der Waals surface area contributed by atoms with Crippen LogP contribution in [-0.4, -0.2) is 41.1 Å². The molecule has 0 radical (unpaired) electrons. The third kappa shape index (κ3) is 4.16. The van der Waals surface area contributed by atoms with E-state index >= 15 is 0 Å². The van der Waals surface area contributed by atoms with E-state index in [-0.39, 0.29) is 9.79 Å². The van der Waals surface area contributed by atoms with E-state index in [0.29, 0.717) is 10.4 Å². The van der Waals surface area contributed by atoms with Crippen LogP contribution in [0.2, 0.25) is 26.2 Å². The summed E-state index contributed by atoms with van der Waals surface area (Å²) in [7, 11) is -14.2. The van der Waals surface area contributed by atoms with Crippen LogP contribution in [0, 0.1) is 13.8 Å². The number of hydrogen-bond donors (Lipinski definition) is 2. The Labute approximate surface area is 168 Å². The molecule has 0 amide bonds. The minimum Gasteiger partial charge on any atom is -0.282 e. The van der Waals surface area contributed by atoms with Gasteiger partial charge in [-0.15, -0.1) is 0 Å². The first kappa shape index (κ1) is 23.0. The summed E-state index contributed by atoms with van der Waals surface area (Å²) in [5.74, 6) is 0. The smallest absolute Gasteiger partial charge is 0.282 e. The van der Waals surface area contributed by atoms with Crippen molar-refractivity contribution in [1.82, 2.24) is 0 Å². The quantitative estimate of drug-likeness (QED) is 0.526. The molecule has 2 rings (SSSR count). The maximum atomic E-state index is 12.0. The average Bonchev–Trinajstić information content (AvgIpc) is 2.52. The second kappa shape index (κ2) is 7.19. The Morgan fingerprint density at radius 3 is 1.18 bits per heavy atom. The van der Waals surface area contributed by atoms with E-state index in [4.69, 9.17) is 0 Å². The maximum Gasteiger partial charge on any atom is 0.294 e. The van der Waals surface area contributed by atoms with Crippen molar-refractivity contribution in [2.45, 2.75) is 49.8 Å². The van der Waals surface area contributed by atoms with Crippen molar-refractivity contribution < 1.29 is 25.9 Å². The molecule has 0 unspecified atom stereocenters. The molecule has 0 saturated carbocycles. The molecule has 28 heavy (non-hydrogen) atoms. The maximum absolute atomic E-state index is 12.0. The highest BCUT2D eigenvalue weighted by Gasteiger charge is 2.48. The lowest BCUT2D eigenvalue weighted by atomic mass is 10.2. The lowest BCUT2D eigenvalue weighted by Crippen LogP contribution is -2.70. The van der Waals surface area contributed by atoms with Gasteiger partial charge in [-0.2, -0.15) is 16.8 Å². The fourth-order valence-corrected chi connectivity index (χ4v) is 16.6. The molecule has 0 spiro atoms. The zero-order chi connectivity index (χ0) is 21.7. The van der Waals surface area contributed by atoms with Crippen LogP contribution < -0.4 is 10.4 Å². The van der Waals surface area contributed by atoms with E-state index in [2.05, 4.69) is 0 Å². The molecule has 0 aliphatic carbocycles. The van der Waals surface area contributed by atoms with Crippen LogP contribution >= 0.6 is 0 Å². The topological polar surface area (TPSA) is 109 Å². The average molecular weight is 459 g/mol. The van der Waals surface area contributed by atoms with Gasteiger partial charge in [-0.1, -0.05) is 61.6 Å². The first-order valence-electron chi connectivity index (χ1n) is 8.67. The number of benzene rings is 2. The molecule has 0 aliphatic rings. The van der Waals surface area contributed by atoms with Crippen molar-refractivity contribution in [3.63, 3.8) is 0 Å². The van der Waals surface area contributed by atoms with Crippen LogP contribution in [0.3, 0.4) is 0 Å². The second-order valence-corrected chi connectivity index (χ2v) is 26.1. The summed E-state index contributed by atoms with van der Waals surface area (Å²) in [6.45, 7) is 11.6. The van der Waals surface area contributed by atoms with Crippen molar-refractivity contribution in [3.8, 4) is 0 Å². The third-order valence-corrected chi connectivity index (χ3v) is 25.6. The lowest BCUT2D eigenvalue weighted by molar-refractivity contribution is 0.481. The van der Waals surface area contributed by atoms with E-state index < -0.39 is 35.4 Å². The van der Waals surface area contributed by atoms with Gasteiger partial charge in [-0.05, 0) is 36.4 Å². The van der Waals surface area contributed by atoms with Crippen LogP contribution in [0.4, 0.5) is 0 Å². The van der Waals surface area contributed by atoms with Gasteiger partial charge in [-0.3, -0.25) is 9.11 Å². The van der Waals surface area contributed by atoms with Crippen molar-refractivity contribution in [2.24, 2.45) is 0 Å². The number of rotatable bonds is 5. The highest BCUT2D eigenvalue weighted by molar-refractivity contribution is 7.86. The summed E-state index contributed by atoms with van der Waals surface area (Å²) in [6.07, 6.45) is 0. The molecule has 2 N–H and O–H groups in total. The fraction of sp³-hybridized carbons (Fsp3) is 0.333. The van der Waals surface area contributed by atoms with E-state index in [1.54, 1.807) is 24.3 Å². The van der Waals surface area contributed by atoms with Crippen molar-refractivity contribution in [1.29, 1.82) is 0 Å². The van der Waals surface area contributed by atoms with Crippen molar-refractivity contribution in [3.05, 3.63) is 47.5 Å². The standard InChI is InChI=1S/C18H26O6S2Si2/c1-13-7-9-15(25(19,20)21)17(11-13)27(3,4)28(5,6)18-12-14(2)8-10-16(18)26(22,23)24/h7-12H,1-6H3,(H,19,20,21)(H,22,23,24). The zero-order valence-corrected chi connectivity index (χ0v) is 20.4. The van der Waals surface area contributed by atoms with E-state index in [1.165, 1.54) is 12.1 Å². The van der Waals surface area contributed by atoms with Gasteiger partial charge in [0, 0.05) is 0 Å². The number of aryl methyl sites for hydroxylation is 2. The summed E-state index contributed by atoms with van der Waals surface area (Å²) in [4.78, 5) is -0.257. The first-order chi connectivity index (χ1) is 12.5. The molecule has 0 saturated heterocycles. The molecular formula is C18H26O6S2Si2. The molecule has 0 aliphatic heterocycles. The van der Waals surface area contributed by atoms with Crippen molar-refractivity contribution in [2.75, 3.05) is 0 Å². The van der Waals surface area contributed by atoms with Gasteiger partial charge in [0.05, 0.1) is 25.0 Å². The van der Waals surface area contributed by atoms with Crippen LogP contribution in [0.15, 0.2) is 46.2 Å². The van der Waals surface area contributed by atoms with Gasteiger partial charge >= 0.3 is 0 Å². The van der Waals surface area contributed by atoms with Gasteiger partial charge in [0.25, 0.3) is 20.2 Å². The summed E-state index contributed by atoms with van der Waals surface area (Å²) in [5, 5.41) is 1.13. The van der Waals surface area contributed by atoms with Crippen LogP contribution in [-0.2, 0) is 20.2 Å². The Morgan fingerprint density at radius 2 is 0.929 bits per heavy atom. The minimum absolute atomic E-state index is 0.128. The Hall–Kier alpha value is -1.31. The van der Waals surface area contributed by atoms with Gasteiger partial charge in [0.2, 0.25) is 0 Å². The summed E-state index contributed by atoms with van der Waals surface area (Å²) in [6, 6.07) is 9.60. The summed E-state index contributed by atoms with van der Waals surface area (Å²) >= 11 is 0. The van der Waals surface area contributed by atoms with Gasteiger partial charge in [0.1, 0.15) is 0 Å². The molecule has 0 fully saturated rings. The molecule has 0 atom stereocenters. The molecule has 2 aromatic rings. The molecule has 10 heteroatoms. The van der Waals surface area contributed by atoms with Gasteiger partial charge in [0.15, 0.2) is 0 Å². The molecule has 2 aromatic carbocycles. The Bertz CT molecular complexity index is 1050. The van der Waals surface area contributed by atoms with Crippen LogP contribution in [0.1, 0.15) is 11.1 Å². The predicted molar refractivity (Wildman–Crippen MR) is 116 cm³/mol. The first-order valence-corrected chi connectivity index (χ1v) is 18.5. The van der Waals surface area contributed by atoms with E-state index in [0.717, 1.165) is 11.1 Å². The van der Waals surface area contributed by atoms with Gasteiger partial charge in [-0.25, -0.2) is 0 Å². The Balaban J connectivity index is 2.88. The highest BCUT2D eigenvalue weighted by atomic mass is 32.2. The Kier molecular flexibility index (Phi) is 5.90. The van der Waals surface area contributed by atoms with E-state index in [9.17, 15) is 25.9 Å². The van der Waals surface area contributed by atoms with Gasteiger partial charge < -0.3 is 0 Å². The molecule has 0 bridgehead atoms. The molecule has 6 nitrogen and oxygen atoms in total. The molecular weight excluding hydrogens is 432 g/mol. The number of hydrogen-bond acceptors (Lipinski definition) is 4. The lowest BCUT2D eigenvalue weighted by Gasteiger charge is -2.40. The van der Waals surface area contributed by atoms with Crippen LogP contribution in [0.25, 0.3) is 0 Å². The Morgan fingerprint density at radius 1 is 0.643 bits per heavy atom. The van der Waals surface area contributed by atoms with Crippen molar-refractivity contribution >= 4 is 45.8 Å². The highest BCUT2D eigenvalue weighted by Crippen LogP contribution is 2.26. The van der Waals surface area contributed by atoms with E-state index in [1.807, 2.05) is 40.0 Å². The summed E-state index contributed by atoms with van der Waals surface area (Å²) in [5.41, 5.74) is 1.71.